The molecule has 7 heteroatoms. The van der Waals surface area contributed by atoms with Crippen LogP contribution in [0.4, 0.5) is 15.8 Å². The number of hydrogen-bond donors (Lipinski definition) is 3. The standard InChI is InChI=1S/C12H10ClFN2O2S/c13-9-4-1-6(19-9)5-16-8-3-2-7(14)11(15)10(8)12(17)18/h1-4,16H,5,15H2,(H,17,18). The van der Waals surface area contributed by atoms with Crippen LogP contribution in [-0.2, 0) is 6.54 Å². The fourth-order valence-corrected chi connectivity index (χ4v) is 2.63. The zero-order chi connectivity index (χ0) is 14.0. The summed E-state index contributed by atoms with van der Waals surface area (Å²) < 4.78 is 13.9. The average Bonchev–Trinajstić information content (AvgIpc) is 2.76. The van der Waals surface area contributed by atoms with Crippen LogP contribution in [0.1, 0.15) is 15.2 Å². The molecule has 0 spiro atoms. The molecule has 0 aliphatic heterocycles. The van der Waals surface area contributed by atoms with Gasteiger partial charge in [-0.15, -0.1) is 11.3 Å². The molecule has 2 aromatic rings. The van der Waals surface area contributed by atoms with E-state index in [0.717, 1.165) is 10.9 Å². The zero-order valence-electron chi connectivity index (χ0n) is 9.61. The van der Waals surface area contributed by atoms with E-state index < -0.39 is 11.8 Å². The van der Waals surface area contributed by atoms with Gasteiger partial charge >= 0.3 is 5.97 Å². The number of thiophene rings is 1. The Balaban J connectivity index is 2.25. The van der Waals surface area contributed by atoms with Crippen molar-refractivity contribution >= 4 is 40.3 Å². The van der Waals surface area contributed by atoms with Gasteiger partial charge in [-0.25, -0.2) is 9.18 Å². The molecule has 19 heavy (non-hydrogen) atoms. The van der Waals surface area contributed by atoms with Crippen molar-refractivity contribution in [1.29, 1.82) is 0 Å². The molecule has 4 N–H and O–H groups in total. The monoisotopic (exact) mass is 300 g/mol. The van der Waals surface area contributed by atoms with Gasteiger partial charge in [0.05, 0.1) is 15.7 Å². The van der Waals surface area contributed by atoms with Gasteiger partial charge in [0.15, 0.2) is 0 Å². The molecule has 2 rings (SSSR count). The molecule has 100 valence electrons. The molecule has 1 aromatic heterocycles. The first-order chi connectivity index (χ1) is 8.99. The number of carboxylic acids is 1. The van der Waals surface area contributed by atoms with E-state index in [-0.39, 0.29) is 16.9 Å². The summed E-state index contributed by atoms with van der Waals surface area (Å²) >= 11 is 7.18. The second-order valence-corrected chi connectivity index (χ2v) is 5.55. The molecule has 0 bridgehead atoms. The first-order valence-corrected chi connectivity index (χ1v) is 6.48. The quantitative estimate of drug-likeness (QED) is 0.756. The molecule has 0 radical (unpaired) electrons. The van der Waals surface area contributed by atoms with Crippen LogP contribution in [0.15, 0.2) is 24.3 Å². The molecule has 0 aliphatic carbocycles. The predicted octanol–water partition coefficient (Wildman–Crippen LogP) is 3.43. The summed E-state index contributed by atoms with van der Waals surface area (Å²) in [6.07, 6.45) is 0. The van der Waals surface area contributed by atoms with E-state index in [1.165, 1.54) is 17.4 Å². The molecular formula is C12H10ClFN2O2S. The molecule has 0 saturated carbocycles. The summed E-state index contributed by atoms with van der Waals surface area (Å²) in [5, 5.41) is 12.0. The lowest BCUT2D eigenvalue weighted by Crippen LogP contribution is -2.10. The van der Waals surface area contributed by atoms with Gasteiger partial charge in [0.2, 0.25) is 0 Å². The maximum Gasteiger partial charge on any atom is 0.340 e. The largest absolute Gasteiger partial charge is 0.478 e. The van der Waals surface area contributed by atoms with Gasteiger partial charge in [-0.05, 0) is 24.3 Å². The molecule has 1 aromatic carbocycles. The number of benzene rings is 1. The fraction of sp³-hybridized carbons (Fsp3) is 0.0833. The number of carboxylic acid groups (broad SMARTS) is 1. The van der Waals surface area contributed by atoms with E-state index >= 15 is 0 Å². The van der Waals surface area contributed by atoms with Crippen molar-refractivity contribution in [3.8, 4) is 0 Å². The van der Waals surface area contributed by atoms with Gasteiger partial charge in [0.1, 0.15) is 11.4 Å². The second kappa shape index (κ2) is 5.46. The highest BCUT2D eigenvalue weighted by molar-refractivity contribution is 7.16. The molecule has 4 nitrogen and oxygen atoms in total. The normalized spacial score (nSPS) is 10.4. The maximum absolute atomic E-state index is 13.3. The Hall–Kier alpha value is -1.79. The molecule has 0 atom stereocenters. The van der Waals surface area contributed by atoms with Crippen molar-refractivity contribution in [3.63, 3.8) is 0 Å². The van der Waals surface area contributed by atoms with Crippen LogP contribution in [0.25, 0.3) is 0 Å². The van der Waals surface area contributed by atoms with Crippen molar-refractivity contribution < 1.29 is 14.3 Å². The van der Waals surface area contributed by atoms with Gasteiger partial charge in [-0.3, -0.25) is 0 Å². The Bertz CT molecular complexity index is 630. The van der Waals surface area contributed by atoms with E-state index in [9.17, 15) is 9.18 Å². The van der Waals surface area contributed by atoms with Crippen LogP contribution in [0.3, 0.4) is 0 Å². The average molecular weight is 301 g/mol. The van der Waals surface area contributed by atoms with Crippen LogP contribution in [0.5, 0.6) is 0 Å². The van der Waals surface area contributed by atoms with Crippen molar-refractivity contribution in [3.05, 3.63) is 44.9 Å². The molecule has 0 unspecified atom stereocenters. The number of carbonyl (C=O) groups is 1. The topological polar surface area (TPSA) is 75.3 Å². The highest BCUT2D eigenvalue weighted by atomic mass is 35.5. The lowest BCUT2D eigenvalue weighted by atomic mass is 10.1. The first-order valence-electron chi connectivity index (χ1n) is 5.28. The van der Waals surface area contributed by atoms with Gasteiger partial charge in [-0.2, -0.15) is 0 Å². The highest BCUT2D eigenvalue weighted by Crippen LogP contribution is 2.27. The smallest absolute Gasteiger partial charge is 0.340 e. The van der Waals surface area contributed by atoms with Crippen LogP contribution in [0.2, 0.25) is 4.34 Å². The minimum absolute atomic E-state index is 0.261. The third-order valence-corrected chi connectivity index (χ3v) is 3.72. The van der Waals surface area contributed by atoms with Crippen molar-refractivity contribution in [2.24, 2.45) is 0 Å². The summed E-state index contributed by atoms with van der Waals surface area (Å²) in [5.74, 6) is -2.02. The van der Waals surface area contributed by atoms with Crippen LogP contribution >= 0.6 is 22.9 Å². The number of nitrogens with two attached hydrogens (primary N) is 1. The number of anilines is 2. The number of rotatable bonds is 4. The van der Waals surface area contributed by atoms with Gasteiger partial charge < -0.3 is 16.2 Å². The molecule has 0 fully saturated rings. The van der Waals surface area contributed by atoms with Gasteiger partial charge in [-0.1, -0.05) is 11.6 Å². The molecule has 0 amide bonds. The number of aromatic carboxylic acids is 1. The lowest BCUT2D eigenvalue weighted by Gasteiger charge is -2.11. The van der Waals surface area contributed by atoms with Gasteiger partial charge in [0.25, 0.3) is 0 Å². The van der Waals surface area contributed by atoms with Crippen LogP contribution < -0.4 is 11.1 Å². The SMILES string of the molecule is Nc1c(F)ccc(NCc2ccc(Cl)s2)c1C(=O)O. The Morgan fingerprint density at radius 3 is 2.74 bits per heavy atom. The van der Waals surface area contributed by atoms with E-state index in [1.807, 2.05) is 6.07 Å². The summed E-state index contributed by atoms with van der Waals surface area (Å²) in [4.78, 5) is 12.0. The van der Waals surface area contributed by atoms with Gasteiger partial charge in [0, 0.05) is 11.4 Å². The molecule has 1 heterocycles. The fourth-order valence-electron chi connectivity index (χ4n) is 1.60. The van der Waals surface area contributed by atoms with Crippen molar-refractivity contribution in [2.75, 3.05) is 11.1 Å². The Labute approximate surface area is 117 Å². The highest BCUT2D eigenvalue weighted by Gasteiger charge is 2.17. The molecular weight excluding hydrogens is 291 g/mol. The van der Waals surface area contributed by atoms with Crippen molar-refractivity contribution in [2.45, 2.75) is 6.54 Å². The number of hydrogen-bond acceptors (Lipinski definition) is 4. The Morgan fingerprint density at radius 2 is 2.16 bits per heavy atom. The van der Waals surface area contributed by atoms with E-state index in [4.69, 9.17) is 22.4 Å². The van der Waals surface area contributed by atoms with E-state index in [0.29, 0.717) is 10.9 Å². The second-order valence-electron chi connectivity index (χ2n) is 3.75. The summed E-state index contributed by atoms with van der Waals surface area (Å²) in [6.45, 7) is 0.392. The number of nitrogens with one attached hydrogen (secondary N) is 1. The first kappa shape index (κ1) is 13.6. The van der Waals surface area contributed by atoms with Crippen LogP contribution in [0, 0.1) is 5.82 Å². The molecule has 0 saturated heterocycles. The van der Waals surface area contributed by atoms with Crippen molar-refractivity contribution in [1.82, 2.24) is 0 Å². The van der Waals surface area contributed by atoms with E-state index in [1.54, 1.807) is 6.07 Å². The summed E-state index contributed by atoms with van der Waals surface area (Å²) in [6, 6.07) is 6.06. The number of nitrogen functional groups attached to an aromatic ring is 1. The minimum atomic E-state index is -1.27. The Morgan fingerprint density at radius 1 is 1.42 bits per heavy atom. The lowest BCUT2D eigenvalue weighted by molar-refractivity contribution is 0.0698. The third-order valence-electron chi connectivity index (χ3n) is 2.49. The summed E-state index contributed by atoms with van der Waals surface area (Å²) in [5.41, 5.74) is 5.08. The summed E-state index contributed by atoms with van der Waals surface area (Å²) in [7, 11) is 0. The maximum atomic E-state index is 13.3. The molecule has 0 aliphatic rings. The van der Waals surface area contributed by atoms with Crippen LogP contribution in [-0.4, -0.2) is 11.1 Å². The zero-order valence-corrected chi connectivity index (χ0v) is 11.2. The Kier molecular flexibility index (Phi) is 3.92. The minimum Gasteiger partial charge on any atom is -0.478 e. The third kappa shape index (κ3) is 2.97. The predicted molar refractivity (Wildman–Crippen MR) is 74.4 cm³/mol. The van der Waals surface area contributed by atoms with E-state index in [2.05, 4.69) is 5.32 Å². The number of halogens is 2.